The van der Waals surface area contributed by atoms with E-state index in [1.165, 1.54) is 5.56 Å². The number of carbonyl (C=O) groups is 1. The molecule has 0 amide bonds. The van der Waals surface area contributed by atoms with Crippen molar-refractivity contribution >= 4 is 17.5 Å². The van der Waals surface area contributed by atoms with Gasteiger partial charge in [0.15, 0.2) is 5.78 Å². The molecule has 0 bridgehead atoms. The Morgan fingerprint density at radius 2 is 1.83 bits per heavy atom. The lowest BCUT2D eigenvalue weighted by Crippen LogP contribution is -1.99. The van der Waals surface area contributed by atoms with E-state index in [0.29, 0.717) is 16.6 Å². The van der Waals surface area contributed by atoms with E-state index < -0.39 is 0 Å². The molecule has 0 saturated heterocycles. The number of thioether (sulfide) groups is 1. The zero-order valence-corrected chi connectivity index (χ0v) is 14.4. The lowest BCUT2D eigenvalue weighted by Gasteiger charge is -2.14. The fourth-order valence-electron chi connectivity index (χ4n) is 2.41. The van der Waals surface area contributed by atoms with E-state index in [0.717, 1.165) is 12.2 Å². The maximum absolute atomic E-state index is 12.3. The van der Waals surface area contributed by atoms with Crippen molar-refractivity contribution in [3.8, 4) is 5.75 Å². The van der Waals surface area contributed by atoms with Gasteiger partial charge in [0.05, 0.1) is 12.7 Å². The number of benzene rings is 2. The Balaban J connectivity index is 2.05. The van der Waals surface area contributed by atoms with Gasteiger partial charge in [-0.15, -0.1) is 0 Å². The normalized spacial score (nSPS) is 12.3. The standard InChI is InChI=1S/C20H22O2S/c1-3-23-20(16-10-5-4-6-11-16)15-9-13-18(21)17-12-7-8-14-19(17)22-2/h4-14,20H,3,15H2,1-2H3/b13-9+/t20-/m1/s1. The predicted octanol–water partition coefficient (Wildman–Crippen LogP) is 5.32. The number of hydrogen-bond acceptors (Lipinski definition) is 3. The van der Waals surface area contributed by atoms with Gasteiger partial charge in [0.25, 0.3) is 0 Å². The first-order chi connectivity index (χ1) is 11.3. The van der Waals surface area contributed by atoms with Crippen LogP contribution in [-0.2, 0) is 0 Å². The highest BCUT2D eigenvalue weighted by Crippen LogP contribution is 2.32. The Bertz CT molecular complexity index is 650. The molecule has 0 heterocycles. The van der Waals surface area contributed by atoms with Crippen molar-refractivity contribution in [2.75, 3.05) is 12.9 Å². The summed E-state index contributed by atoms with van der Waals surface area (Å²) in [4.78, 5) is 12.3. The van der Waals surface area contributed by atoms with Crippen molar-refractivity contribution < 1.29 is 9.53 Å². The second-order valence-electron chi connectivity index (χ2n) is 5.06. The van der Waals surface area contributed by atoms with Crippen LogP contribution in [-0.4, -0.2) is 18.6 Å². The summed E-state index contributed by atoms with van der Waals surface area (Å²) in [5, 5.41) is 0.378. The second-order valence-corrected chi connectivity index (χ2v) is 6.54. The fourth-order valence-corrected chi connectivity index (χ4v) is 3.41. The number of hydrogen-bond donors (Lipinski definition) is 0. The van der Waals surface area contributed by atoms with E-state index in [9.17, 15) is 4.79 Å². The van der Waals surface area contributed by atoms with Gasteiger partial charge < -0.3 is 4.74 Å². The Kier molecular flexibility index (Phi) is 6.95. The molecule has 0 fully saturated rings. The van der Waals surface area contributed by atoms with Gasteiger partial charge in [-0.3, -0.25) is 4.79 Å². The molecule has 0 aliphatic rings. The molecule has 0 aliphatic heterocycles. The SMILES string of the molecule is CCS[C@H](C/C=C/C(=O)c1ccccc1OC)c1ccccc1. The lowest BCUT2D eigenvalue weighted by molar-refractivity contribution is 0.104. The Labute approximate surface area is 142 Å². The molecule has 23 heavy (non-hydrogen) atoms. The summed E-state index contributed by atoms with van der Waals surface area (Å²) in [7, 11) is 1.58. The molecule has 1 atom stereocenters. The summed E-state index contributed by atoms with van der Waals surface area (Å²) in [6, 6.07) is 17.7. The van der Waals surface area contributed by atoms with E-state index in [-0.39, 0.29) is 5.78 Å². The van der Waals surface area contributed by atoms with Gasteiger partial charge in [-0.1, -0.05) is 55.5 Å². The number of carbonyl (C=O) groups excluding carboxylic acids is 1. The average molecular weight is 326 g/mol. The number of ketones is 1. The van der Waals surface area contributed by atoms with Crippen molar-refractivity contribution in [3.05, 3.63) is 77.9 Å². The highest BCUT2D eigenvalue weighted by Gasteiger charge is 2.11. The van der Waals surface area contributed by atoms with Crippen LogP contribution in [0.4, 0.5) is 0 Å². The van der Waals surface area contributed by atoms with Gasteiger partial charge in [-0.25, -0.2) is 0 Å². The van der Waals surface area contributed by atoms with Crippen molar-refractivity contribution in [2.24, 2.45) is 0 Å². The van der Waals surface area contributed by atoms with Gasteiger partial charge in [-0.05, 0) is 35.9 Å². The molecule has 0 spiro atoms. The van der Waals surface area contributed by atoms with Crippen LogP contribution in [0, 0.1) is 0 Å². The monoisotopic (exact) mass is 326 g/mol. The number of ether oxygens (including phenoxy) is 1. The predicted molar refractivity (Wildman–Crippen MR) is 98.4 cm³/mol. The van der Waals surface area contributed by atoms with Crippen LogP contribution in [0.25, 0.3) is 0 Å². The molecule has 2 nitrogen and oxygen atoms in total. The van der Waals surface area contributed by atoms with Crippen LogP contribution in [0.5, 0.6) is 5.75 Å². The Morgan fingerprint density at radius 1 is 1.13 bits per heavy atom. The average Bonchev–Trinajstić information content (AvgIpc) is 2.61. The second kappa shape index (κ2) is 9.21. The summed E-state index contributed by atoms with van der Waals surface area (Å²) in [5.74, 6) is 1.65. The van der Waals surface area contributed by atoms with Gasteiger partial charge in [0.2, 0.25) is 0 Å². The summed E-state index contributed by atoms with van der Waals surface area (Å²) in [6.07, 6.45) is 4.46. The maximum atomic E-state index is 12.3. The molecule has 0 N–H and O–H groups in total. The van der Waals surface area contributed by atoms with Crippen LogP contribution in [0.1, 0.15) is 34.5 Å². The molecule has 0 saturated carbocycles. The highest BCUT2D eigenvalue weighted by atomic mass is 32.2. The third-order valence-electron chi connectivity index (χ3n) is 3.53. The lowest BCUT2D eigenvalue weighted by atomic mass is 10.1. The number of allylic oxidation sites excluding steroid dienone is 2. The van der Waals surface area contributed by atoms with Crippen molar-refractivity contribution in [3.63, 3.8) is 0 Å². The molecule has 120 valence electrons. The third kappa shape index (κ3) is 5.00. The van der Waals surface area contributed by atoms with Gasteiger partial charge in [-0.2, -0.15) is 11.8 Å². The van der Waals surface area contributed by atoms with Gasteiger partial charge >= 0.3 is 0 Å². The molecule has 3 heteroatoms. The minimum absolute atomic E-state index is 0.0178. The Morgan fingerprint density at radius 3 is 2.52 bits per heavy atom. The zero-order chi connectivity index (χ0) is 16.5. The largest absolute Gasteiger partial charge is 0.496 e. The molecule has 0 aliphatic carbocycles. The fraction of sp³-hybridized carbons (Fsp3) is 0.250. The van der Waals surface area contributed by atoms with E-state index in [2.05, 4.69) is 31.2 Å². The van der Waals surface area contributed by atoms with E-state index in [1.807, 2.05) is 36.0 Å². The van der Waals surface area contributed by atoms with E-state index >= 15 is 0 Å². The summed E-state index contributed by atoms with van der Waals surface area (Å²) >= 11 is 1.90. The number of methoxy groups -OCH3 is 1. The van der Waals surface area contributed by atoms with E-state index in [1.54, 1.807) is 25.3 Å². The molecular weight excluding hydrogens is 304 g/mol. The zero-order valence-electron chi connectivity index (χ0n) is 13.6. The molecule has 0 radical (unpaired) electrons. The van der Waals surface area contributed by atoms with Crippen LogP contribution < -0.4 is 4.74 Å². The molecule has 0 aromatic heterocycles. The Hall–Kier alpha value is -2.00. The van der Waals surface area contributed by atoms with Crippen LogP contribution in [0.2, 0.25) is 0 Å². The number of rotatable bonds is 8. The molecule has 2 aromatic rings. The quantitative estimate of drug-likeness (QED) is 0.485. The molecule has 2 aromatic carbocycles. The first kappa shape index (κ1) is 17.4. The smallest absolute Gasteiger partial charge is 0.189 e. The van der Waals surface area contributed by atoms with Crippen LogP contribution in [0.3, 0.4) is 0 Å². The third-order valence-corrected chi connectivity index (χ3v) is 4.73. The minimum Gasteiger partial charge on any atom is -0.496 e. The summed E-state index contributed by atoms with van der Waals surface area (Å²) < 4.78 is 5.24. The van der Waals surface area contributed by atoms with Gasteiger partial charge in [0, 0.05) is 5.25 Å². The first-order valence-corrected chi connectivity index (χ1v) is 8.81. The van der Waals surface area contributed by atoms with Crippen LogP contribution >= 0.6 is 11.8 Å². The topological polar surface area (TPSA) is 26.3 Å². The van der Waals surface area contributed by atoms with Gasteiger partial charge in [0.1, 0.15) is 5.75 Å². The highest BCUT2D eigenvalue weighted by molar-refractivity contribution is 7.99. The molecule has 2 rings (SSSR count). The summed E-state index contributed by atoms with van der Waals surface area (Å²) in [6.45, 7) is 2.16. The van der Waals surface area contributed by atoms with Crippen LogP contribution in [0.15, 0.2) is 66.7 Å². The number of para-hydroxylation sites is 1. The van der Waals surface area contributed by atoms with E-state index in [4.69, 9.17) is 4.74 Å². The maximum Gasteiger partial charge on any atom is 0.189 e. The van der Waals surface area contributed by atoms with Crippen molar-refractivity contribution in [1.82, 2.24) is 0 Å². The van der Waals surface area contributed by atoms with Crippen molar-refractivity contribution in [1.29, 1.82) is 0 Å². The molecule has 0 unspecified atom stereocenters. The first-order valence-electron chi connectivity index (χ1n) is 7.76. The molecular formula is C20H22O2S. The summed E-state index contributed by atoms with van der Waals surface area (Å²) in [5.41, 5.74) is 1.90. The van der Waals surface area contributed by atoms with Crippen molar-refractivity contribution in [2.45, 2.75) is 18.6 Å². The minimum atomic E-state index is -0.0178.